The van der Waals surface area contributed by atoms with Crippen LogP contribution in [0.5, 0.6) is 0 Å². The van der Waals surface area contributed by atoms with Gasteiger partial charge in [0.25, 0.3) is 0 Å². The van der Waals surface area contributed by atoms with E-state index in [0.717, 1.165) is 42.0 Å². The number of anilines is 1. The van der Waals surface area contributed by atoms with Gasteiger partial charge in [-0.1, -0.05) is 24.6 Å². The average molecular weight is 367 g/mol. The van der Waals surface area contributed by atoms with Gasteiger partial charge in [0, 0.05) is 23.8 Å². The number of aryl methyl sites for hydroxylation is 2. The minimum absolute atomic E-state index is 0.0880. The molecule has 5 nitrogen and oxygen atoms in total. The van der Waals surface area contributed by atoms with Crippen molar-refractivity contribution in [3.8, 4) is 0 Å². The van der Waals surface area contributed by atoms with Gasteiger partial charge in [0.15, 0.2) is 0 Å². The monoisotopic (exact) mass is 367 g/mol. The lowest BCUT2D eigenvalue weighted by molar-refractivity contribution is 0.0150. The Labute approximate surface area is 161 Å². The van der Waals surface area contributed by atoms with E-state index < -0.39 is 0 Å². The summed E-state index contributed by atoms with van der Waals surface area (Å²) in [6, 6.07) is 11.3. The molecule has 27 heavy (non-hydrogen) atoms. The molecule has 0 radical (unpaired) electrons. The van der Waals surface area contributed by atoms with Gasteiger partial charge in [-0.15, -0.1) is 0 Å². The molecule has 1 aromatic heterocycles. The number of nitrogens with zero attached hydrogens (tertiary/aromatic N) is 1. The van der Waals surface area contributed by atoms with Crippen molar-refractivity contribution in [3.63, 3.8) is 0 Å². The molecule has 5 heteroatoms. The van der Waals surface area contributed by atoms with Gasteiger partial charge in [0.2, 0.25) is 0 Å². The number of piperidine rings is 2. The number of benzene rings is 1. The van der Waals surface area contributed by atoms with Crippen LogP contribution in [0.4, 0.5) is 10.5 Å². The number of furan rings is 1. The molecule has 144 valence electrons. The summed E-state index contributed by atoms with van der Waals surface area (Å²) in [4.78, 5) is 15.2. The van der Waals surface area contributed by atoms with E-state index in [-0.39, 0.29) is 12.1 Å². The first-order valence-corrected chi connectivity index (χ1v) is 10.0. The summed E-state index contributed by atoms with van der Waals surface area (Å²) >= 11 is 0. The van der Waals surface area contributed by atoms with Crippen molar-refractivity contribution in [1.29, 1.82) is 0 Å². The first-order chi connectivity index (χ1) is 13.1. The van der Waals surface area contributed by atoms with E-state index in [1.165, 1.54) is 19.3 Å². The normalized spacial score (nSPS) is 25.2. The van der Waals surface area contributed by atoms with Crippen molar-refractivity contribution >= 4 is 11.7 Å². The van der Waals surface area contributed by atoms with Gasteiger partial charge < -0.3 is 15.1 Å². The molecular formula is C22H29N3O2. The van der Waals surface area contributed by atoms with E-state index in [2.05, 4.69) is 21.6 Å². The Morgan fingerprint density at radius 2 is 1.81 bits per heavy atom. The van der Waals surface area contributed by atoms with Gasteiger partial charge in [-0.25, -0.2) is 4.79 Å². The van der Waals surface area contributed by atoms with Gasteiger partial charge in [-0.05, 0) is 62.8 Å². The third-order valence-electron chi connectivity index (χ3n) is 6.10. The van der Waals surface area contributed by atoms with Crippen molar-refractivity contribution < 1.29 is 9.21 Å². The maximum atomic E-state index is 12.6. The second-order valence-electron chi connectivity index (χ2n) is 8.02. The first-order valence-electron chi connectivity index (χ1n) is 10.0. The van der Waals surface area contributed by atoms with Gasteiger partial charge >= 0.3 is 6.03 Å². The molecule has 0 spiro atoms. The molecule has 2 unspecified atom stereocenters. The van der Waals surface area contributed by atoms with Crippen LogP contribution >= 0.6 is 0 Å². The summed E-state index contributed by atoms with van der Waals surface area (Å²) in [7, 11) is 0. The number of hydrogen-bond donors (Lipinski definition) is 2. The third kappa shape index (κ3) is 4.03. The average Bonchev–Trinajstić information content (AvgIpc) is 3.12. The molecule has 1 aromatic carbocycles. The summed E-state index contributed by atoms with van der Waals surface area (Å²) < 4.78 is 5.56. The lowest BCUT2D eigenvalue weighted by atomic mass is 9.81. The molecule has 3 heterocycles. The van der Waals surface area contributed by atoms with Crippen molar-refractivity contribution in [2.24, 2.45) is 0 Å². The molecule has 2 N–H and O–H groups in total. The number of amides is 2. The highest BCUT2D eigenvalue weighted by atomic mass is 16.3. The maximum absolute atomic E-state index is 12.6. The highest BCUT2D eigenvalue weighted by Gasteiger charge is 2.38. The zero-order valence-corrected chi connectivity index (χ0v) is 16.2. The first kappa shape index (κ1) is 18.1. The number of urea groups is 1. The Hall–Kier alpha value is -2.27. The van der Waals surface area contributed by atoms with Crippen LogP contribution < -0.4 is 10.6 Å². The molecule has 2 aliphatic rings. The molecule has 2 aromatic rings. The second-order valence-corrected chi connectivity index (χ2v) is 8.02. The fraction of sp³-hybridized carbons (Fsp3) is 0.500. The Morgan fingerprint density at radius 3 is 2.44 bits per heavy atom. The van der Waals surface area contributed by atoms with Crippen LogP contribution in [0.3, 0.4) is 0 Å². The molecule has 2 atom stereocenters. The van der Waals surface area contributed by atoms with E-state index in [1.807, 2.05) is 38.1 Å². The van der Waals surface area contributed by atoms with Crippen LogP contribution in [0.2, 0.25) is 0 Å². The summed E-state index contributed by atoms with van der Waals surface area (Å²) in [6.07, 6.45) is 7.46. The number of para-hydroxylation sites is 1. The Bertz CT molecular complexity index is 753. The van der Waals surface area contributed by atoms with Crippen molar-refractivity contribution in [2.45, 2.75) is 70.6 Å². The van der Waals surface area contributed by atoms with Crippen LogP contribution in [0.15, 0.2) is 41.0 Å². The van der Waals surface area contributed by atoms with E-state index in [0.29, 0.717) is 12.1 Å². The van der Waals surface area contributed by atoms with Gasteiger partial charge in [-0.3, -0.25) is 4.90 Å². The smallest absolute Gasteiger partial charge is 0.319 e. The number of fused-ring (bicyclic) bond motifs is 2. The van der Waals surface area contributed by atoms with Crippen molar-refractivity contribution in [3.05, 3.63) is 53.5 Å². The van der Waals surface area contributed by atoms with Crippen LogP contribution in [-0.4, -0.2) is 29.1 Å². The SMILES string of the molecule is Cc1cccc(C)c1NC(=O)NC1CC2CCCC(C1)N2Cc1ccco1. The lowest BCUT2D eigenvalue weighted by Gasteiger charge is -2.48. The lowest BCUT2D eigenvalue weighted by Crippen LogP contribution is -2.56. The number of hydrogen-bond acceptors (Lipinski definition) is 3. The minimum Gasteiger partial charge on any atom is -0.468 e. The molecule has 0 aliphatic carbocycles. The summed E-state index contributed by atoms with van der Waals surface area (Å²) in [5, 5.41) is 6.29. The van der Waals surface area contributed by atoms with Gasteiger partial charge in [0.05, 0.1) is 12.8 Å². The van der Waals surface area contributed by atoms with Crippen molar-refractivity contribution in [1.82, 2.24) is 10.2 Å². The minimum atomic E-state index is -0.0880. The van der Waals surface area contributed by atoms with E-state index in [1.54, 1.807) is 6.26 Å². The van der Waals surface area contributed by atoms with Gasteiger partial charge in [-0.2, -0.15) is 0 Å². The topological polar surface area (TPSA) is 57.5 Å². The van der Waals surface area contributed by atoms with Crippen LogP contribution in [0.25, 0.3) is 0 Å². The second kappa shape index (κ2) is 7.77. The molecule has 2 bridgehead atoms. The van der Waals surface area contributed by atoms with E-state index in [9.17, 15) is 4.79 Å². The third-order valence-corrected chi connectivity index (χ3v) is 6.10. The molecule has 2 aliphatic heterocycles. The molecule has 2 amide bonds. The van der Waals surface area contributed by atoms with Crippen LogP contribution in [0.1, 0.15) is 49.0 Å². The zero-order valence-electron chi connectivity index (χ0n) is 16.2. The highest BCUT2D eigenvalue weighted by molar-refractivity contribution is 5.91. The van der Waals surface area contributed by atoms with E-state index in [4.69, 9.17) is 4.42 Å². The number of carbonyl (C=O) groups is 1. The predicted octanol–water partition coefficient (Wildman–Crippen LogP) is 4.60. The van der Waals surface area contributed by atoms with Crippen LogP contribution in [-0.2, 0) is 6.54 Å². The predicted molar refractivity (Wildman–Crippen MR) is 107 cm³/mol. The van der Waals surface area contributed by atoms with Crippen LogP contribution in [0, 0.1) is 13.8 Å². The van der Waals surface area contributed by atoms with Crippen molar-refractivity contribution in [2.75, 3.05) is 5.32 Å². The van der Waals surface area contributed by atoms with E-state index >= 15 is 0 Å². The standard InChI is InChI=1S/C22H29N3O2/c1-15-6-3-7-16(2)21(15)24-22(26)23-17-12-18-8-4-9-19(13-17)25(18)14-20-10-5-11-27-20/h3,5-7,10-11,17-19H,4,8-9,12-14H2,1-2H3,(H2,23,24,26). The summed E-state index contributed by atoms with van der Waals surface area (Å²) in [5.74, 6) is 1.03. The highest BCUT2D eigenvalue weighted by Crippen LogP contribution is 2.35. The molecular weight excluding hydrogens is 338 g/mol. The number of nitrogens with one attached hydrogen (secondary N) is 2. The van der Waals surface area contributed by atoms with Gasteiger partial charge in [0.1, 0.15) is 5.76 Å². The molecule has 2 saturated heterocycles. The molecule has 0 saturated carbocycles. The Balaban J connectivity index is 1.38. The fourth-order valence-corrected chi connectivity index (χ4v) is 4.78. The zero-order chi connectivity index (χ0) is 18.8. The summed E-state index contributed by atoms with van der Waals surface area (Å²) in [5.41, 5.74) is 3.11. The Kier molecular flexibility index (Phi) is 5.21. The number of carbonyl (C=O) groups excluding carboxylic acids is 1. The molecule has 4 rings (SSSR count). The fourth-order valence-electron chi connectivity index (χ4n) is 4.78. The quantitative estimate of drug-likeness (QED) is 0.830. The molecule has 2 fully saturated rings. The Morgan fingerprint density at radius 1 is 1.11 bits per heavy atom. The number of rotatable bonds is 4. The maximum Gasteiger partial charge on any atom is 0.319 e. The summed E-state index contributed by atoms with van der Waals surface area (Å²) in [6.45, 7) is 4.93. The largest absolute Gasteiger partial charge is 0.468 e.